The van der Waals surface area contributed by atoms with Crippen LogP contribution in [-0.4, -0.2) is 68.4 Å². The molecule has 40 heavy (non-hydrogen) atoms. The molecule has 3 N–H and O–H groups in total. The van der Waals surface area contributed by atoms with Gasteiger partial charge in [0.1, 0.15) is 16.2 Å². The molecule has 0 radical (unpaired) electrons. The topological polar surface area (TPSA) is 113 Å². The summed E-state index contributed by atoms with van der Waals surface area (Å²) in [5.74, 6) is -0.348. The lowest BCUT2D eigenvalue weighted by molar-refractivity contribution is -0.138. The van der Waals surface area contributed by atoms with Crippen molar-refractivity contribution >= 4 is 50.7 Å². The lowest BCUT2D eigenvalue weighted by Gasteiger charge is -2.34. The fourth-order valence-corrected chi connectivity index (χ4v) is 5.18. The van der Waals surface area contributed by atoms with Crippen LogP contribution < -0.4 is 11.1 Å². The van der Waals surface area contributed by atoms with Gasteiger partial charge in [-0.1, -0.05) is 30.4 Å². The highest BCUT2D eigenvalue weighted by molar-refractivity contribution is 7.22. The number of benzene rings is 1. The minimum atomic E-state index is -4.58. The number of fused-ring (bicyclic) bond motifs is 1. The molecule has 0 spiro atoms. The number of nitrogens with zero attached hydrogens (tertiary/aromatic N) is 6. The number of thiazole rings is 1. The molecule has 0 aliphatic carbocycles. The Labute approximate surface area is 232 Å². The molecule has 0 atom stereocenters. The Morgan fingerprint density at radius 2 is 1.82 bits per heavy atom. The van der Waals surface area contributed by atoms with E-state index in [0.717, 1.165) is 42.6 Å². The number of nitrogens with one attached hydrogen (secondary N) is 1. The lowest BCUT2D eigenvalue weighted by atomic mass is 10.0. The Morgan fingerprint density at radius 1 is 1.05 bits per heavy atom. The summed E-state index contributed by atoms with van der Waals surface area (Å²) in [6, 6.07) is 5.53. The number of aromatic nitrogens is 4. The molecule has 0 bridgehead atoms. The third-order valence-corrected chi connectivity index (χ3v) is 7.51. The van der Waals surface area contributed by atoms with E-state index in [1.165, 1.54) is 18.3 Å². The van der Waals surface area contributed by atoms with Crippen molar-refractivity contribution in [1.82, 2.24) is 29.7 Å². The standard InChI is InChI=1S/C27H27F3N8OS/c1-2-37-7-9-38(10-8-37)16-19-5-4-18(12-21(19)27(28,29)30)24(39)36-26-35-22-11-17(13-34-25(22)40-26)3-6-20-14-33-23(31)15-32-20/h3-6,11-15H,2,7-10,16H2,1H3,(H2,31,33)(H,35,36,39)/b6-3+. The molecule has 4 heterocycles. The van der Waals surface area contributed by atoms with Gasteiger partial charge in [0.2, 0.25) is 0 Å². The number of pyridine rings is 1. The number of nitrogens with two attached hydrogens (primary N) is 1. The van der Waals surface area contributed by atoms with Crippen molar-refractivity contribution in [3.63, 3.8) is 0 Å². The summed E-state index contributed by atoms with van der Waals surface area (Å²) in [7, 11) is 0. The molecule has 1 fully saturated rings. The van der Waals surface area contributed by atoms with Gasteiger partial charge in [0.25, 0.3) is 5.91 Å². The van der Waals surface area contributed by atoms with Crippen LogP contribution in [0.5, 0.6) is 0 Å². The molecule has 0 unspecified atom stereocenters. The van der Waals surface area contributed by atoms with Gasteiger partial charge in [0.05, 0.1) is 23.7 Å². The maximum Gasteiger partial charge on any atom is 0.416 e. The number of hydrogen-bond acceptors (Lipinski definition) is 9. The van der Waals surface area contributed by atoms with Crippen molar-refractivity contribution < 1.29 is 18.0 Å². The number of nitrogen functional groups attached to an aromatic ring is 1. The number of rotatable bonds is 7. The van der Waals surface area contributed by atoms with Gasteiger partial charge < -0.3 is 10.6 Å². The van der Waals surface area contributed by atoms with Crippen LogP contribution in [0.3, 0.4) is 0 Å². The summed E-state index contributed by atoms with van der Waals surface area (Å²) < 4.78 is 41.9. The number of halogens is 3. The first-order valence-electron chi connectivity index (χ1n) is 12.7. The summed E-state index contributed by atoms with van der Waals surface area (Å²) in [6.07, 6.45) is 3.59. The number of amides is 1. The Balaban J connectivity index is 1.29. The second-order valence-corrected chi connectivity index (χ2v) is 10.3. The van der Waals surface area contributed by atoms with E-state index in [-0.39, 0.29) is 22.8 Å². The number of likely N-dealkylation sites (N-methyl/N-ethyl adjacent to an activating group) is 1. The summed E-state index contributed by atoms with van der Waals surface area (Å²) in [6.45, 7) is 6.22. The molecule has 4 aromatic rings. The van der Waals surface area contributed by atoms with Crippen molar-refractivity contribution in [2.75, 3.05) is 43.8 Å². The van der Waals surface area contributed by atoms with E-state index >= 15 is 0 Å². The first kappa shape index (κ1) is 27.6. The molecule has 1 amide bonds. The number of hydrogen-bond donors (Lipinski definition) is 2. The second-order valence-electron chi connectivity index (χ2n) is 9.35. The van der Waals surface area contributed by atoms with Crippen LogP contribution in [0, 0.1) is 0 Å². The highest BCUT2D eigenvalue weighted by atomic mass is 32.1. The van der Waals surface area contributed by atoms with Crippen LogP contribution in [0.1, 0.15) is 39.7 Å². The molecule has 3 aromatic heterocycles. The zero-order chi connectivity index (χ0) is 28.3. The Bertz CT molecular complexity index is 1530. The lowest BCUT2D eigenvalue weighted by Crippen LogP contribution is -2.45. The number of anilines is 2. The van der Waals surface area contributed by atoms with E-state index in [4.69, 9.17) is 5.73 Å². The van der Waals surface area contributed by atoms with E-state index < -0.39 is 17.6 Å². The summed E-state index contributed by atoms with van der Waals surface area (Å²) in [4.78, 5) is 34.7. The van der Waals surface area contributed by atoms with Crippen molar-refractivity contribution in [2.45, 2.75) is 19.6 Å². The van der Waals surface area contributed by atoms with Crippen molar-refractivity contribution in [1.29, 1.82) is 0 Å². The van der Waals surface area contributed by atoms with Gasteiger partial charge in [0.15, 0.2) is 5.13 Å². The fourth-order valence-electron chi connectivity index (χ4n) is 4.39. The number of alkyl halides is 3. The molecule has 208 valence electrons. The van der Waals surface area contributed by atoms with Crippen LogP contribution in [0.25, 0.3) is 22.5 Å². The fraction of sp³-hybridized carbons (Fsp3) is 0.296. The van der Waals surface area contributed by atoms with Gasteiger partial charge in [-0.3, -0.25) is 20.0 Å². The maximum atomic E-state index is 14.0. The second kappa shape index (κ2) is 11.7. The van der Waals surface area contributed by atoms with Gasteiger partial charge >= 0.3 is 6.18 Å². The highest BCUT2D eigenvalue weighted by Gasteiger charge is 2.34. The van der Waals surface area contributed by atoms with Gasteiger partial charge in [0, 0.05) is 44.5 Å². The first-order chi connectivity index (χ1) is 19.2. The minimum absolute atomic E-state index is 0.0904. The molecule has 13 heteroatoms. The molecule has 1 saturated heterocycles. The van der Waals surface area contributed by atoms with Gasteiger partial charge in [-0.15, -0.1) is 0 Å². The normalized spacial score (nSPS) is 15.2. The zero-order valence-corrected chi connectivity index (χ0v) is 22.5. The molecular formula is C27H27F3N8OS. The highest BCUT2D eigenvalue weighted by Crippen LogP contribution is 2.34. The van der Waals surface area contributed by atoms with Crippen molar-refractivity contribution in [3.8, 4) is 0 Å². The van der Waals surface area contributed by atoms with Gasteiger partial charge in [-0.05, 0) is 41.9 Å². The largest absolute Gasteiger partial charge is 0.416 e. The molecular weight excluding hydrogens is 541 g/mol. The predicted octanol–water partition coefficient (Wildman–Crippen LogP) is 4.64. The molecule has 1 aliphatic rings. The number of piperazine rings is 1. The van der Waals surface area contributed by atoms with E-state index in [0.29, 0.717) is 34.9 Å². The third-order valence-electron chi connectivity index (χ3n) is 6.61. The summed E-state index contributed by atoms with van der Waals surface area (Å²) in [5, 5.41) is 2.86. The monoisotopic (exact) mass is 568 g/mol. The van der Waals surface area contributed by atoms with Crippen LogP contribution in [-0.2, 0) is 12.7 Å². The van der Waals surface area contributed by atoms with Crippen LogP contribution in [0.2, 0.25) is 0 Å². The summed E-state index contributed by atoms with van der Waals surface area (Å²) in [5.41, 5.74) is 6.72. The first-order valence-corrected chi connectivity index (χ1v) is 13.5. The minimum Gasteiger partial charge on any atom is -0.382 e. The average molecular weight is 569 g/mol. The molecule has 1 aromatic carbocycles. The van der Waals surface area contributed by atoms with E-state index in [2.05, 4.69) is 37.1 Å². The van der Waals surface area contributed by atoms with E-state index in [1.807, 2.05) is 4.90 Å². The van der Waals surface area contributed by atoms with Crippen molar-refractivity contribution in [3.05, 3.63) is 70.8 Å². The van der Waals surface area contributed by atoms with Gasteiger partial charge in [-0.25, -0.2) is 15.0 Å². The average Bonchev–Trinajstić information content (AvgIpc) is 3.34. The number of carbonyl (C=O) groups excluding carboxylic acids is 1. The van der Waals surface area contributed by atoms with Crippen LogP contribution >= 0.6 is 11.3 Å². The quantitative estimate of drug-likeness (QED) is 0.332. The third kappa shape index (κ3) is 6.61. The SMILES string of the molecule is CCN1CCN(Cc2ccc(C(=O)Nc3nc4cc(/C=C/c5cnc(N)cn5)cnc4s3)cc2C(F)(F)F)CC1. The Kier molecular flexibility index (Phi) is 8.05. The Hall–Kier alpha value is -3.94. The molecule has 0 saturated carbocycles. The van der Waals surface area contributed by atoms with E-state index in [9.17, 15) is 18.0 Å². The zero-order valence-electron chi connectivity index (χ0n) is 21.6. The smallest absolute Gasteiger partial charge is 0.382 e. The number of carbonyl (C=O) groups is 1. The summed E-state index contributed by atoms with van der Waals surface area (Å²) >= 11 is 1.14. The van der Waals surface area contributed by atoms with E-state index in [1.54, 1.807) is 30.6 Å². The van der Waals surface area contributed by atoms with Crippen LogP contribution in [0.4, 0.5) is 24.1 Å². The van der Waals surface area contributed by atoms with Crippen LogP contribution in [0.15, 0.2) is 42.9 Å². The molecule has 9 nitrogen and oxygen atoms in total. The molecule has 5 rings (SSSR count). The predicted molar refractivity (Wildman–Crippen MR) is 150 cm³/mol. The Morgan fingerprint density at radius 3 is 2.52 bits per heavy atom. The molecule has 1 aliphatic heterocycles. The maximum absolute atomic E-state index is 14.0. The van der Waals surface area contributed by atoms with Gasteiger partial charge in [-0.2, -0.15) is 13.2 Å². The van der Waals surface area contributed by atoms with Crippen molar-refractivity contribution in [2.24, 2.45) is 0 Å².